The van der Waals surface area contributed by atoms with Crippen LogP contribution < -0.4 is 11.1 Å². The Morgan fingerprint density at radius 2 is 2.00 bits per heavy atom. The number of hydrogen-bond acceptors (Lipinski definition) is 5. The summed E-state index contributed by atoms with van der Waals surface area (Å²) < 4.78 is 10.00. The monoisotopic (exact) mass is 260 g/mol. The third kappa shape index (κ3) is 8.03. The number of nitrogens with two attached hydrogens (primary N) is 1. The van der Waals surface area contributed by atoms with Crippen LogP contribution in [0.25, 0.3) is 0 Å². The van der Waals surface area contributed by atoms with Gasteiger partial charge in [0.25, 0.3) is 0 Å². The van der Waals surface area contributed by atoms with E-state index in [2.05, 4.69) is 23.9 Å². The summed E-state index contributed by atoms with van der Waals surface area (Å²) in [6.07, 6.45) is 0.688. The van der Waals surface area contributed by atoms with E-state index in [1.807, 2.05) is 0 Å². The van der Waals surface area contributed by atoms with Gasteiger partial charge in [0, 0.05) is 19.8 Å². The maximum absolute atomic E-state index is 11.4. The quantitative estimate of drug-likeness (QED) is 0.347. The molecule has 6 nitrogen and oxygen atoms in total. The van der Waals surface area contributed by atoms with Gasteiger partial charge in [-0.1, -0.05) is 13.8 Å². The van der Waals surface area contributed by atoms with Crippen molar-refractivity contribution in [1.29, 1.82) is 0 Å². The molecule has 0 aliphatic rings. The van der Waals surface area contributed by atoms with Crippen molar-refractivity contribution in [2.75, 3.05) is 26.4 Å². The van der Waals surface area contributed by atoms with Gasteiger partial charge in [-0.3, -0.25) is 4.79 Å². The lowest BCUT2D eigenvalue weighted by atomic mass is 10.2. The standard InChI is InChI=1S/C12H24N2O4/c1-4-18-12(16)10(13)11(15)14-6-5-7-17-8-9(2)3/h9-10H,4-8,13H2,1-3H3,(H,14,15). The maximum Gasteiger partial charge on any atom is 0.332 e. The van der Waals surface area contributed by atoms with Crippen LogP contribution in [-0.2, 0) is 19.1 Å². The minimum absolute atomic E-state index is 0.211. The van der Waals surface area contributed by atoms with Crippen LogP contribution in [0.15, 0.2) is 0 Å². The van der Waals surface area contributed by atoms with Crippen molar-refractivity contribution in [3.8, 4) is 0 Å². The fraction of sp³-hybridized carbons (Fsp3) is 0.833. The molecule has 18 heavy (non-hydrogen) atoms. The number of carbonyl (C=O) groups excluding carboxylic acids is 2. The Labute approximate surface area is 108 Å². The number of carbonyl (C=O) groups is 2. The first kappa shape index (κ1) is 16.9. The smallest absolute Gasteiger partial charge is 0.332 e. The summed E-state index contributed by atoms with van der Waals surface area (Å²) in [5, 5.41) is 2.57. The summed E-state index contributed by atoms with van der Waals surface area (Å²) in [6.45, 7) is 7.73. The Morgan fingerprint density at radius 3 is 2.56 bits per heavy atom. The second-order valence-corrected chi connectivity index (χ2v) is 4.34. The molecule has 0 heterocycles. The molecule has 1 unspecified atom stereocenters. The fourth-order valence-corrected chi connectivity index (χ4v) is 1.15. The van der Waals surface area contributed by atoms with Crippen molar-refractivity contribution < 1.29 is 19.1 Å². The Kier molecular flexibility index (Phi) is 9.22. The third-order valence-electron chi connectivity index (χ3n) is 2.04. The van der Waals surface area contributed by atoms with Crippen LogP contribution in [0, 0.1) is 5.92 Å². The molecule has 0 aliphatic heterocycles. The first-order chi connectivity index (χ1) is 8.49. The largest absolute Gasteiger partial charge is 0.464 e. The van der Waals surface area contributed by atoms with Gasteiger partial charge in [0.1, 0.15) is 0 Å². The molecule has 106 valence electrons. The van der Waals surface area contributed by atoms with E-state index in [1.165, 1.54) is 0 Å². The second kappa shape index (κ2) is 9.85. The predicted octanol–water partition coefficient (Wildman–Crippen LogP) is 0.0557. The van der Waals surface area contributed by atoms with Crippen LogP contribution in [-0.4, -0.2) is 44.3 Å². The summed E-state index contributed by atoms with van der Waals surface area (Å²) in [4.78, 5) is 22.6. The van der Waals surface area contributed by atoms with E-state index in [4.69, 9.17) is 10.5 Å². The minimum atomic E-state index is -1.25. The van der Waals surface area contributed by atoms with Crippen molar-refractivity contribution in [2.24, 2.45) is 11.7 Å². The zero-order valence-corrected chi connectivity index (χ0v) is 11.4. The number of rotatable bonds is 9. The van der Waals surface area contributed by atoms with Crippen LogP contribution in [0.4, 0.5) is 0 Å². The molecule has 0 aromatic heterocycles. The summed E-state index contributed by atoms with van der Waals surface area (Å²) in [5.41, 5.74) is 5.41. The van der Waals surface area contributed by atoms with E-state index in [0.29, 0.717) is 32.1 Å². The van der Waals surface area contributed by atoms with Crippen LogP contribution in [0.2, 0.25) is 0 Å². The Bertz CT molecular complexity index is 256. The second-order valence-electron chi connectivity index (χ2n) is 4.34. The van der Waals surface area contributed by atoms with Crippen molar-refractivity contribution >= 4 is 11.9 Å². The summed E-state index contributed by atoms with van der Waals surface area (Å²) >= 11 is 0. The molecule has 0 aliphatic carbocycles. The van der Waals surface area contributed by atoms with Gasteiger partial charge in [0.05, 0.1) is 6.61 Å². The van der Waals surface area contributed by atoms with E-state index in [9.17, 15) is 9.59 Å². The van der Waals surface area contributed by atoms with Crippen LogP contribution in [0.5, 0.6) is 0 Å². The van der Waals surface area contributed by atoms with Crippen LogP contribution in [0.3, 0.4) is 0 Å². The lowest BCUT2D eigenvalue weighted by Crippen LogP contribution is -2.47. The highest BCUT2D eigenvalue weighted by Gasteiger charge is 2.22. The summed E-state index contributed by atoms with van der Waals surface area (Å²) in [6, 6.07) is -1.25. The third-order valence-corrected chi connectivity index (χ3v) is 2.04. The van der Waals surface area contributed by atoms with Crippen molar-refractivity contribution in [1.82, 2.24) is 5.32 Å². The predicted molar refractivity (Wildman–Crippen MR) is 67.9 cm³/mol. The molecule has 1 atom stereocenters. The van der Waals surface area contributed by atoms with E-state index in [1.54, 1.807) is 6.92 Å². The average Bonchev–Trinajstić information content (AvgIpc) is 2.32. The highest BCUT2D eigenvalue weighted by molar-refractivity contribution is 6.01. The van der Waals surface area contributed by atoms with E-state index in [0.717, 1.165) is 0 Å². The van der Waals surface area contributed by atoms with E-state index in [-0.39, 0.29) is 6.61 Å². The van der Waals surface area contributed by atoms with Crippen LogP contribution >= 0.6 is 0 Å². The highest BCUT2D eigenvalue weighted by Crippen LogP contribution is 1.93. The normalized spacial score (nSPS) is 12.3. The van der Waals surface area contributed by atoms with Crippen molar-refractivity contribution in [2.45, 2.75) is 33.2 Å². The molecular weight excluding hydrogens is 236 g/mol. The summed E-state index contributed by atoms with van der Waals surface area (Å²) in [5.74, 6) is -0.722. The van der Waals surface area contributed by atoms with Gasteiger partial charge in [0.2, 0.25) is 5.91 Å². The molecule has 0 aromatic rings. The molecule has 3 N–H and O–H groups in total. The molecular formula is C12H24N2O4. The lowest BCUT2D eigenvalue weighted by Gasteiger charge is -2.11. The molecule has 0 aromatic carbocycles. The first-order valence-corrected chi connectivity index (χ1v) is 6.26. The molecule has 0 radical (unpaired) electrons. The first-order valence-electron chi connectivity index (χ1n) is 6.26. The molecule has 1 amide bonds. The Balaban J connectivity index is 3.61. The number of amides is 1. The van der Waals surface area contributed by atoms with Crippen molar-refractivity contribution in [3.05, 3.63) is 0 Å². The minimum Gasteiger partial charge on any atom is -0.464 e. The Morgan fingerprint density at radius 1 is 1.33 bits per heavy atom. The maximum atomic E-state index is 11.4. The number of hydrogen-bond donors (Lipinski definition) is 2. The lowest BCUT2D eigenvalue weighted by molar-refractivity contribution is -0.147. The number of esters is 1. The zero-order valence-electron chi connectivity index (χ0n) is 11.4. The molecule has 0 fully saturated rings. The fourth-order valence-electron chi connectivity index (χ4n) is 1.15. The van der Waals surface area contributed by atoms with Gasteiger partial charge in [-0.15, -0.1) is 0 Å². The van der Waals surface area contributed by atoms with Crippen molar-refractivity contribution in [3.63, 3.8) is 0 Å². The molecule has 6 heteroatoms. The highest BCUT2D eigenvalue weighted by atomic mass is 16.5. The van der Waals surface area contributed by atoms with Gasteiger partial charge in [-0.25, -0.2) is 4.79 Å². The molecule has 0 saturated carbocycles. The SMILES string of the molecule is CCOC(=O)C(N)C(=O)NCCCOCC(C)C. The average molecular weight is 260 g/mol. The van der Waals surface area contributed by atoms with E-state index < -0.39 is 17.9 Å². The molecule has 0 bridgehead atoms. The Hall–Kier alpha value is -1.14. The van der Waals surface area contributed by atoms with Crippen LogP contribution in [0.1, 0.15) is 27.2 Å². The zero-order chi connectivity index (χ0) is 14.0. The van der Waals surface area contributed by atoms with E-state index >= 15 is 0 Å². The van der Waals surface area contributed by atoms with Gasteiger partial charge in [-0.05, 0) is 19.3 Å². The molecule has 0 rings (SSSR count). The molecule has 0 spiro atoms. The van der Waals surface area contributed by atoms with Gasteiger partial charge in [-0.2, -0.15) is 0 Å². The summed E-state index contributed by atoms with van der Waals surface area (Å²) in [7, 11) is 0. The number of ether oxygens (including phenoxy) is 2. The number of nitrogens with one attached hydrogen (secondary N) is 1. The van der Waals surface area contributed by atoms with Gasteiger partial charge >= 0.3 is 5.97 Å². The topological polar surface area (TPSA) is 90.7 Å². The van der Waals surface area contributed by atoms with Gasteiger partial charge in [0.15, 0.2) is 6.04 Å². The van der Waals surface area contributed by atoms with Gasteiger partial charge < -0.3 is 20.5 Å². The molecule has 0 saturated heterocycles.